The number of aromatic carboxylic acids is 1. The Kier molecular flexibility index (Phi) is 3.85. The molecule has 0 aliphatic heterocycles. The third-order valence-corrected chi connectivity index (χ3v) is 4.76. The molecule has 19 heavy (non-hydrogen) atoms. The normalized spacial score (nSPS) is 16.2. The Bertz CT molecular complexity index is 472. The number of nitrogens with zero attached hydrogens (tertiary/aromatic N) is 2. The van der Waals surface area contributed by atoms with E-state index in [0.29, 0.717) is 10.6 Å². The minimum Gasteiger partial charge on any atom is -0.477 e. The molecule has 1 heterocycles. The Balaban J connectivity index is 2.23. The highest BCUT2D eigenvalue weighted by Gasteiger charge is 2.28. The fourth-order valence-electron chi connectivity index (χ4n) is 2.27. The lowest BCUT2D eigenvalue weighted by Crippen LogP contribution is -2.29. The molecule has 0 spiro atoms. The Labute approximate surface area is 118 Å². The van der Waals surface area contributed by atoms with Gasteiger partial charge in [-0.15, -0.1) is 0 Å². The van der Waals surface area contributed by atoms with Gasteiger partial charge < -0.3 is 10.0 Å². The van der Waals surface area contributed by atoms with Crippen molar-refractivity contribution in [3.63, 3.8) is 0 Å². The second kappa shape index (κ2) is 5.12. The molecule has 0 unspecified atom stereocenters. The van der Waals surface area contributed by atoms with Crippen molar-refractivity contribution in [1.29, 1.82) is 0 Å². The number of carboxylic acids is 1. The predicted molar refractivity (Wildman–Crippen MR) is 78.4 cm³/mol. The molecule has 1 fully saturated rings. The van der Waals surface area contributed by atoms with E-state index in [1.165, 1.54) is 30.6 Å². The first kappa shape index (κ1) is 14.3. The Morgan fingerprint density at radius 3 is 2.47 bits per heavy atom. The van der Waals surface area contributed by atoms with Crippen LogP contribution in [0.15, 0.2) is 0 Å². The van der Waals surface area contributed by atoms with Gasteiger partial charge in [-0.1, -0.05) is 38.5 Å². The first-order valence-corrected chi connectivity index (χ1v) is 7.56. The van der Waals surface area contributed by atoms with Crippen LogP contribution in [-0.2, 0) is 5.41 Å². The van der Waals surface area contributed by atoms with E-state index in [1.54, 1.807) is 0 Å². The molecular weight excluding hydrogens is 260 g/mol. The zero-order valence-electron chi connectivity index (χ0n) is 12.1. The van der Waals surface area contributed by atoms with Gasteiger partial charge in [-0.25, -0.2) is 9.78 Å². The summed E-state index contributed by atoms with van der Waals surface area (Å²) in [4.78, 5) is 18.4. The summed E-state index contributed by atoms with van der Waals surface area (Å²) < 4.78 is 0. The maximum absolute atomic E-state index is 11.3. The lowest BCUT2D eigenvalue weighted by atomic mass is 9.85. The van der Waals surface area contributed by atoms with Crippen LogP contribution >= 0.6 is 11.3 Å². The highest BCUT2D eigenvalue weighted by atomic mass is 32.1. The molecule has 0 saturated heterocycles. The summed E-state index contributed by atoms with van der Waals surface area (Å²) in [6.45, 7) is 6.99. The van der Waals surface area contributed by atoms with Gasteiger partial charge in [0.05, 0.1) is 5.69 Å². The first-order chi connectivity index (χ1) is 8.79. The molecule has 1 aromatic rings. The molecular formula is C14H22N2O2S. The van der Waals surface area contributed by atoms with Gasteiger partial charge in [0.25, 0.3) is 0 Å². The minimum absolute atomic E-state index is 0.236. The highest BCUT2D eigenvalue weighted by Crippen LogP contribution is 2.35. The summed E-state index contributed by atoms with van der Waals surface area (Å²) in [5, 5.41) is 10.1. The van der Waals surface area contributed by atoms with E-state index in [0.717, 1.165) is 17.6 Å². The van der Waals surface area contributed by atoms with E-state index in [9.17, 15) is 9.90 Å². The maximum Gasteiger partial charge on any atom is 0.347 e. The van der Waals surface area contributed by atoms with E-state index in [-0.39, 0.29) is 5.41 Å². The van der Waals surface area contributed by atoms with Crippen molar-refractivity contribution >= 4 is 22.4 Å². The average molecular weight is 282 g/mol. The molecule has 1 aliphatic rings. The van der Waals surface area contributed by atoms with Crippen LogP contribution in [0.4, 0.5) is 5.13 Å². The van der Waals surface area contributed by atoms with Gasteiger partial charge >= 0.3 is 5.97 Å². The lowest BCUT2D eigenvalue weighted by Gasteiger charge is -2.29. The monoisotopic (exact) mass is 282 g/mol. The standard InChI is InChI=1S/C14H22N2O2S/c1-14(2,3)11-10(12(17)18)19-13(15-11)16(4)8-9-6-5-7-9/h9H,5-8H2,1-4H3,(H,17,18). The number of thiazole rings is 1. The zero-order chi connectivity index (χ0) is 14.2. The van der Waals surface area contributed by atoms with Gasteiger partial charge in [-0.2, -0.15) is 0 Å². The van der Waals surface area contributed by atoms with Crippen LogP contribution in [0.3, 0.4) is 0 Å². The van der Waals surface area contributed by atoms with Crippen LogP contribution in [-0.4, -0.2) is 29.7 Å². The summed E-state index contributed by atoms with van der Waals surface area (Å²) in [5.74, 6) is -0.119. The van der Waals surface area contributed by atoms with Crippen LogP contribution < -0.4 is 4.90 Å². The smallest absolute Gasteiger partial charge is 0.347 e. The Hall–Kier alpha value is -1.10. The van der Waals surface area contributed by atoms with Crippen molar-refractivity contribution in [3.8, 4) is 0 Å². The molecule has 106 valence electrons. The fourth-order valence-corrected chi connectivity index (χ4v) is 3.35. The number of aromatic nitrogens is 1. The van der Waals surface area contributed by atoms with Crippen LogP contribution in [0.1, 0.15) is 55.4 Å². The van der Waals surface area contributed by atoms with Crippen molar-refractivity contribution < 1.29 is 9.90 Å². The van der Waals surface area contributed by atoms with Crippen molar-refractivity contribution in [3.05, 3.63) is 10.6 Å². The molecule has 2 rings (SSSR count). The molecule has 0 atom stereocenters. The van der Waals surface area contributed by atoms with Gasteiger partial charge in [0.2, 0.25) is 0 Å². The van der Waals surface area contributed by atoms with Crippen LogP contribution in [0.5, 0.6) is 0 Å². The van der Waals surface area contributed by atoms with Crippen LogP contribution in [0.2, 0.25) is 0 Å². The zero-order valence-corrected chi connectivity index (χ0v) is 12.9. The summed E-state index contributed by atoms with van der Waals surface area (Å²) in [7, 11) is 2.01. The van der Waals surface area contributed by atoms with Crippen LogP contribution in [0.25, 0.3) is 0 Å². The van der Waals surface area contributed by atoms with E-state index < -0.39 is 5.97 Å². The first-order valence-electron chi connectivity index (χ1n) is 6.74. The summed E-state index contributed by atoms with van der Waals surface area (Å²) in [6, 6.07) is 0. The molecule has 0 amide bonds. The van der Waals surface area contributed by atoms with Gasteiger partial charge in [-0.05, 0) is 18.8 Å². The van der Waals surface area contributed by atoms with Gasteiger partial charge in [0.1, 0.15) is 4.88 Å². The van der Waals surface area contributed by atoms with Crippen LogP contribution in [0, 0.1) is 5.92 Å². The third kappa shape index (κ3) is 3.08. The molecule has 5 heteroatoms. The van der Waals surface area contributed by atoms with E-state index >= 15 is 0 Å². The maximum atomic E-state index is 11.3. The number of hydrogen-bond donors (Lipinski definition) is 1. The topological polar surface area (TPSA) is 53.4 Å². The second-order valence-electron chi connectivity index (χ2n) is 6.41. The molecule has 1 saturated carbocycles. The molecule has 4 nitrogen and oxygen atoms in total. The molecule has 0 radical (unpaired) electrons. The van der Waals surface area contributed by atoms with Crippen molar-refractivity contribution in [2.45, 2.75) is 45.4 Å². The van der Waals surface area contributed by atoms with E-state index in [1.807, 2.05) is 27.8 Å². The van der Waals surface area contributed by atoms with Crippen molar-refractivity contribution in [2.75, 3.05) is 18.5 Å². The highest BCUT2D eigenvalue weighted by molar-refractivity contribution is 7.17. The van der Waals surface area contributed by atoms with E-state index in [4.69, 9.17) is 0 Å². The summed E-state index contributed by atoms with van der Waals surface area (Å²) >= 11 is 1.29. The Morgan fingerprint density at radius 1 is 1.47 bits per heavy atom. The third-order valence-electron chi connectivity index (χ3n) is 3.60. The quantitative estimate of drug-likeness (QED) is 0.920. The van der Waals surface area contributed by atoms with E-state index in [2.05, 4.69) is 9.88 Å². The fraction of sp³-hybridized carbons (Fsp3) is 0.714. The van der Waals surface area contributed by atoms with Crippen molar-refractivity contribution in [2.24, 2.45) is 5.92 Å². The molecule has 0 aromatic carbocycles. The Morgan fingerprint density at radius 2 is 2.11 bits per heavy atom. The molecule has 1 aliphatic carbocycles. The number of carbonyl (C=O) groups is 1. The number of carboxylic acid groups (broad SMARTS) is 1. The minimum atomic E-state index is -0.870. The summed E-state index contributed by atoms with van der Waals surface area (Å²) in [5.41, 5.74) is 0.459. The van der Waals surface area contributed by atoms with Gasteiger partial charge in [0.15, 0.2) is 5.13 Å². The molecule has 1 N–H and O–H groups in total. The molecule has 0 bridgehead atoms. The number of hydrogen-bond acceptors (Lipinski definition) is 4. The second-order valence-corrected chi connectivity index (χ2v) is 7.38. The average Bonchev–Trinajstić information content (AvgIpc) is 2.67. The largest absolute Gasteiger partial charge is 0.477 e. The van der Waals surface area contributed by atoms with Crippen molar-refractivity contribution in [1.82, 2.24) is 4.98 Å². The lowest BCUT2D eigenvalue weighted by molar-refractivity contribution is 0.0699. The van der Waals surface area contributed by atoms with Gasteiger partial charge in [-0.3, -0.25) is 0 Å². The SMILES string of the molecule is CN(CC1CCC1)c1nc(C(C)(C)C)c(C(=O)O)s1. The summed E-state index contributed by atoms with van der Waals surface area (Å²) in [6.07, 6.45) is 3.89. The number of anilines is 1. The van der Waals surface area contributed by atoms with Gasteiger partial charge in [0, 0.05) is 19.0 Å². The number of rotatable bonds is 4. The predicted octanol–water partition coefficient (Wildman–Crippen LogP) is 3.38. The molecule has 1 aromatic heterocycles.